The summed E-state index contributed by atoms with van der Waals surface area (Å²) in [6, 6.07) is 0. The number of hydrogen-bond donors (Lipinski definition) is 2. The molecule has 0 aliphatic rings. The van der Waals surface area contributed by atoms with Crippen molar-refractivity contribution in [2.24, 2.45) is 0 Å². The first-order valence-corrected chi connectivity index (χ1v) is 4.64. The van der Waals surface area contributed by atoms with E-state index in [1.54, 1.807) is 0 Å². The number of rotatable bonds is 6. The Labute approximate surface area is 74.1 Å². The van der Waals surface area contributed by atoms with E-state index in [0.717, 1.165) is 6.08 Å². The van der Waals surface area contributed by atoms with Crippen LogP contribution >= 0.6 is 7.82 Å². The van der Waals surface area contributed by atoms with Crippen LogP contribution in [0.4, 0.5) is 0 Å². The molecule has 0 aromatic heterocycles. The van der Waals surface area contributed by atoms with Gasteiger partial charge in [0, 0.05) is 6.08 Å². The Bertz CT molecular complexity index is 219. The zero-order chi connectivity index (χ0) is 10.3. The number of phosphoric ester groups is 1. The fraction of sp³-hybridized carbons (Fsp3) is 0.400. The third kappa shape index (κ3) is 9.19. The lowest BCUT2D eigenvalue weighted by atomic mass is 10.7. The van der Waals surface area contributed by atoms with Crippen molar-refractivity contribution in [1.29, 1.82) is 0 Å². The highest BCUT2D eigenvalue weighted by atomic mass is 31.2. The Balaban J connectivity index is 3.32. The first kappa shape index (κ1) is 12.3. The molecule has 0 aliphatic heterocycles. The van der Waals surface area contributed by atoms with Gasteiger partial charge in [0.25, 0.3) is 0 Å². The molecule has 0 aliphatic carbocycles. The van der Waals surface area contributed by atoms with Crippen molar-refractivity contribution in [1.82, 2.24) is 0 Å². The molecular formula is C5H9O7P. The summed E-state index contributed by atoms with van der Waals surface area (Å²) in [6.07, 6.45) is 0.879. The fourth-order valence-electron chi connectivity index (χ4n) is 0.324. The van der Waals surface area contributed by atoms with Gasteiger partial charge in [-0.15, -0.1) is 0 Å². The summed E-state index contributed by atoms with van der Waals surface area (Å²) in [7, 11) is -4.48. The van der Waals surface area contributed by atoms with E-state index >= 15 is 0 Å². The minimum absolute atomic E-state index is 0.273. The van der Waals surface area contributed by atoms with Gasteiger partial charge in [-0.05, 0) is 0 Å². The minimum Gasteiger partial charge on any atom is -0.303 e. The molecule has 7 nitrogen and oxygen atoms in total. The van der Waals surface area contributed by atoms with E-state index in [1.807, 2.05) is 0 Å². The van der Waals surface area contributed by atoms with Gasteiger partial charge in [0.15, 0.2) is 0 Å². The number of carbonyl (C=O) groups excluding carboxylic acids is 1. The molecule has 2 N–H and O–H groups in total. The van der Waals surface area contributed by atoms with Gasteiger partial charge in [-0.1, -0.05) is 6.58 Å². The molecule has 0 fully saturated rings. The van der Waals surface area contributed by atoms with E-state index in [2.05, 4.69) is 20.9 Å². The van der Waals surface area contributed by atoms with Crippen molar-refractivity contribution >= 4 is 13.8 Å². The van der Waals surface area contributed by atoms with Crippen LogP contribution in [0.5, 0.6) is 0 Å². The predicted octanol–water partition coefficient (Wildman–Crippen LogP) is -0.244. The number of carbonyl (C=O) groups is 1. The van der Waals surface area contributed by atoms with E-state index < -0.39 is 13.8 Å². The minimum atomic E-state index is -4.48. The second-order valence-corrected chi connectivity index (χ2v) is 2.99. The molecule has 0 atom stereocenters. The second-order valence-electron chi connectivity index (χ2n) is 1.75. The van der Waals surface area contributed by atoms with Crippen LogP contribution in [0.3, 0.4) is 0 Å². The van der Waals surface area contributed by atoms with Gasteiger partial charge >= 0.3 is 13.8 Å². The molecule has 0 unspecified atom stereocenters. The first-order chi connectivity index (χ1) is 5.95. The van der Waals surface area contributed by atoms with Gasteiger partial charge in [-0.3, -0.25) is 9.41 Å². The van der Waals surface area contributed by atoms with Gasteiger partial charge in [0.2, 0.25) is 0 Å². The lowest BCUT2D eigenvalue weighted by molar-refractivity contribution is -0.269. The van der Waals surface area contributed by atoms with Gasteiger partial charge in [0.1, 0.15) is 6.61 Å². The van der Waals surface area contributed by atoms with Crippen LogP contribution in [0.2, 0.25) is 0 Å². The van der Waals surface area contributed by atoms with Crippen LogP contribution in [-0.4, -0.2) is 29.0 Å². The average molecular weight is 212 g/mol. The number of phosphoric acid groups is 1. The Morgan fingerprint density at radius 3 is 2.54 bits per heavy atom. The highest BCUT2D eigenvalue weighted by molar-refractivity contribution is 7.46. The van der Waals surface area contributed by atoms with E-state index in [0.29, 0.717) is 0 Å². The van der Waals surface area contributed by atoms with E-state index in [4.69, 9.17) is 9.79 Å². The summed E-state index contributed by atoms with van der Waals surface area (Å²) >= 11 is 0. The molecule has 8 heteroatoms. The molecule has 0 radical (unpaired) electrons. The van der Waals surface area contributed by atoms with Crippen LogP contribution in [0.15, 0.2) is 12.7 Å². The Kier molecular flexibility index (Phi) is 5.52. The molecule has 0 amide bonds. The molecular weight excluding hydrogens is 203 g/mol. The molecule has 0 spiro atoms. The van der Waals surface area contributed by atoms with Crippen LogP contribution in [0.1, 0.15) is 0 Å². The van der Waals surface area contributed by atoms with Crippen molar-refractivity contribution in [2.45, 2.75) is 0 Å². The van der Waals surface area contributed by atoms with Gasteiger partial charge in [-0.2, -0.15) is 4.89 Å². The zero-order valence-corrected chi connectivity index (χ0v) is 7.48. The Morgan fingerprint density at radius 1 is 1.46 bits per heavy atom. The van der Waals surface area contributed by atoms with Crippen LogP contribution < -0.4 is 0 Å². The van der Waals surface area contributed by atoms with Crippen LogP contribution in [0, 0.1) is 0 Å². The van der Waals surface area contributed by atoms with Gasteiger partial charge in [-0.25, -0.2) is 9.36 Å². The maximum atomic E-state index is 10.3. The summed E-state index contributed by atoms with van der Waals surface area (Å²) in [6.45, 7) is 2.44. The summed E-state index contributed by atoms with van der Waals surface area (Å²) in [5.74, 6) is -0.795. The quantitative estimate of drug-likeness (QED) is 0.206. The lowest BCUT2D eigenvalue weighted by Gasteiger charge is -2.04. The summed E-state index contributed by atoms with van der Waals surface area (Å²) in [5.41, 5.74) is 0. The smallest absolute Gasteiger partial charge is 0.303 e. The highest BCUT2D eigenvalue weighted by Crippen LogP contribution is 2.35. The Morgan fingerprint density at radius 2 is 2.08 bits per heavy atom. The highest BCUT2D eigenvalue weighted by Gasteiger charge is 2.12. The normalized spacial score (nSPS) is 10.9. The van der Waals surface area contributed by atoms with Gasteiger partial charge < -0.3 is 9.79 Å². The fourth-order valence-corrected chi connectivity index (χ4v) is 0.636. The molecule has 0 bridgehead atoms. The summed E-state index contributed by atoms with van der Waals surface area (Å²) < 4.78 is 14.0. The molecule has 0 aromatic carbocycles. The summed E-state index contributed by atoms with van der Waals surface area (Å²) in [4.78, 5) is 34.9. The zero-order valence-electron chi connectivity index (χ0n) is 6.58. The SMILES string of the molecule is C=CC(=O)OOCCOP(=O)(O)O. The van der Waals surface area contributed by atoms with Crippen molar-refractivity contribution in [3.63, 3.8) is 0 Å². The maximum absolute atomic E-state index is 10.3. The van der Waals surface area contributed by atoms with Crippen molar-refractivity contribution < 1.29 is 33.4 Å². The predicted molar refractivity (Wildman–Crippen MR) is 40.2 cm³/mol. The van der Waals surface area contributed by atoms with Crippen LogP contribution in [-0.2, 0) is 23.7 Å². The van der Waals surface area contributed by atoms with Crippen LogP contribution in [0.25, 0.3) is 0 Å². The third-order valence-corrected chi connectivity index (χ3v) is 1.25. The molecule has 0 heterocycles. The lowest BCUT2D eigenvalue weighted by Crippen LogP contribution is -2.07. The Hall–Kier alpha value is -0.720. The third-order valence-electron chi connectivity index (χ3n) is 0.734. The maximum Gasteiger partial charge on any atom is 0.469 e. The average Bonchev–Trinajstić information content (AvgIpc) is 2.01. The molecule has 0 aromatic rings. The summed E-state index contributed by atoms with van der Waals surface area (Å²) in [5, 5.41) is 0. The van der Waals surface area contributed by atoms with Crippen molar-refractivity contribution in [2.75, 3.05) is 13.2 Å². The topological polar surface area (TPSA) is 102 Å². The molecule has 0 saturated heterocycles. The van der Waals surface area contributed by atoms with Gasteiger partial charge in [0.05, 0.1) is 6.61 Å². The number of hydrogen-bond acceptors (Lipinski definition) is 5. The van der Waals surface area contributed by atoms with Crippen molar-refractivity contribution in [3.05, 3.63) is 12.7 Å². The molecule has 76 valence electrons. The molecule has 13 heavy (non-hydrogen) atoms. The van der Waals surface area contributed by atoms with E-state index in [1.165, 1.54) is 0 Å². The van der Waals surface area contributed by atoms with E-state index in [-0.39, 0.29) is 13.2 Å². The second kappa shape index (κ2) is 5.85. The largest absolute Gasteiger partial charge is 0.469 e. The van der Waals surface area contributed by atoms with Crippen molar-refractivity contribution in [3.8, 4) is 0 Å². The molecule has 0 rings (SSSR count). The monoisotopic (exact) mass is 212 g/mol. The molecule has 0 saturated carbocycles. The van der Waals surface area contributed by atoms with E-state index in [9.17, 15) is 9.36 Å². The first-order valence-electron chi connectivity index (χ1n) is 3.11. The standard InChI is InChI=1S/C5H9O7P/c1-2-5(6)12-10-3-4-11-13(7,8)9/h2H,1,3-4H2,(H2,7,8,9).